The molecule has 0 rings (SSSR count). The van der Waals surface area contributed by atoms with Gasteiger partial charge < -0.3 is 14.1 Å². The van der Waals surface area contributed by atoms with E-state index in [1.165, 1.54) is 0 Å². The number of rotatable bonds is 0. The molecule has 0 aromatic heterocycles. The normalized spacial score (nSPS) is 0. The summed E-state index contributed by atoms with van der Waals surface area (Å²) in [6, 6.07) is 0. The van der Waals surface area contributed by atoms with Gasteiger partial charge in [0.15, 0.2) is 0 Å². The summed E-state index contributed by atoms with van der Waals surface area (Å²) in [6.45, 7) is 0. The topological polar surface area (TPSA) is 0 Å². The molecule has 0 aromatic rings. The molecule has 0 aliphatic rings. The molecule has 0 spiro atoms. The monoisotopic (exact) mass is 162 g/mol. The van der Waals surface area contributed by atoms with E-state index in [1.54, 1.807) is 0 Å². The molecule has 0 heterocycles. The second-order valence-corrected chi connectivity index (χ2v) is 0. The molecule has 3 radical (unpaired) electrons. The van der Waals surface area contributed by atoms with Gasteiger partial charge in [-0.25, -0.2) is 0 Å². The van der Waals surface area contributed by atoms with Gasteiger partial charge in [0.05, 0.1) is 0 Å². The van der Waals surface area contributed by atoms with Gasteiger partial charge >= 0.3 is 68.3 Å². The number of halogens is 3. The fourth-order valence-corrected chi connectivity index (χ4v) is 0. The minimum atomic E-state index is 0. The number of hydrogen-bond acceptors (Lipinski definition) is 0. The average Bonchev–Trinajstić information content (AvgIpc) is 0. The van der Waals surface area contributed by atoms with Crippen molar-refractivity contribution in [2.45, 2.75) is 0 Å². The average molecular weight is 162 g/mol. The van der Waals surface area contributed by atoms with Gasteiger partial charge in [-0.2, -0.15) is 0 Å². The molecule has 27 valence electrons. The van der Waals surface area contributed by atoms with Crippen LogP contribution in [0.4, 0.5) is 0 Å². The van der Waals surface area contributed by atoms with Gasteiger partial charge in [-0.3, -0.25) is 0 Å². The quantitative estimate of drug-likeness (QED) is 0.310. The predicted octanol–water partition coefficient (Wildman–Crippen LogP) is -12.7. The zero-order valence-electron chi connectivity index (χ0n) is 3.42. The van der Waals surface area contributed by atoms with E-state index in [2.05, 4.69) is 0 Å². The summed E-state index contributed by atoms with van der Waals surface area (Å²) in [5.41, 5.74) is 0. The molecule has 0 bridgehead atoms. The summed E-state index contributed by atoms with van der Waals surface area (Å²) >= 11 is 0. The van der Waals surface area contributed by atoms with E-state index in [1.807, 2.05) is 0 Å². The van der Waals surface area contributed by atoms with Crippen molar-refractivity contribution in [2.24, 2.45) is 0 Å². The Hall–Kier alpha value is 1.83. The Morgan fingerprint density at radius 2 is 0.667 bits per heavy atom. The molecular formula is BBeF3Rb. The van der Waals surface area contributed by atoms with Crippen LogP contribution in [-0.4, -0.2) is 18.5 Å². The van der Waals surface area contributed by atoms with Crippen LogP contribution in [0.1, 0.15) is 0 Å². The molecule has 0 saturated carbocycles. The first-order chi connectivity index (χ1) is 0. The molecule has 0 fully saturated rings. The minimum absolute atomic E-state index is 0. The summed E-state index contributed by atoms with van der Waals surface area (Å²) in [6.07, 6.45) is 0. The minimum Gasteiger partial charge on any atom is -1.00 e. The Bertz CT molecular complexity index is 10.8. The van der Waals surface area contributed by atoms with Crippen LogP contribution in [0.5, 0.6) is 0 Å². The van der Waals surface area contributed by atoms with Crippen molar-refractivity contribution in [2.75, 3.05) is 0 Å². The van der Waals surface area contributed by atoms with Crippen molar-refractivity contribution < 1.29 is 72.3 Å². The third-order valence-electron chi connectivity index (χ3n) is 0. The van der Waals surface area contributed by atoms with Gasteiger partial charge in [0.1, 0.15) is 0 Å². The fraction of sp³-hybridized carbons (Fsp3) is 0. The first kappa shape index (κ1) is 109. The van der Waals surface area contributed by atoms with Crippen LogP contribution in [0.25, 0.3) is 0 Å². The van der Waals surface area contributed by atoms with Crippen molar-refractivity contribution in [1.29, 1.82) is 0 Å². The molecule has 0 atom stereocenters. The smallest absolute Gasteiger partial charge is 1.00 e. The Morgan fingerprint density at radius 3 is 0.667 bits per heavy atom. The van der Waals surface area contributed by atoms with Gasteiger partial charge in [-0.15, -0.1) is 0 Å². The Labute approximate surface area is 89.1 Å². The third-order valence-corrected chi connectivity index (χ3v) is 0. The van der Waals surface area contributed by atoms with E-state index in [9.17, 15) is 0 Å². The summed E-state index contributed by atoms with van der Waals surface area (Å²) in [5, 5.41) is 0. The van der Waals surface area contributed by atoms with Crippen molar-refractivity contribution in [3.63, 3.8) is 0 Å². The molecular weight excluding hydrogens is 162 g/mol. The fourth-order valence-electron chi connectivity index (χ4n) is 0. The SMILES string of the molecule is [B].[Be+2].[F-].[F-].[F-].[Rb+]. The van der Waals surface area contributed by atoms with Crippen LogP contribution in [0.2, 0.25) is 0 Å². The van der Waals surface area contributed by atoms with Gasteiger partial charge in [-0.05, 0) is 0 Å². The summed E-state index contributed by atoms with van der Waals surface area (Å²) in [4.78, 5) is 0. The van der Waals surface area contributed by atoms with E-state index in [0.717, 1.165) is 0 Å². The molecule has 0 nitrogen and oxygen atoms in total. The Kier molecular flexibility index (Phi) is 1260. The van der Waals surface area contributed by atoms with Crippen LogP contribution in [0.3, 0.4) is 0 Å². The molecule has 0 N–H and O–H groups in total. The molecule has 0 aliphatic heterocycles. The molecule has 0 amide bonds. The van der Waals surface area contributed by atoms with E-state index >= 15 is 0 Å². The maximum Gasteiger partial charge on any atom is 2.00 e. The first-order valence-corrected chi connectivity index (χ1v) is 0. The van der Waals surface area contributed by atoms with Crippen LogP contribution >= 0.6 is 0 Å². The maximum atomic E-state index is 0. The zero-order chi connectivity index (χ0) is 0. The molecule has 0 aliphatic carbocycles. The third kappa shape index (κ3) is 40.6. The van der Waals surface area contributed by atoms with E-state index in [4.69, 9.17) is 0 Å². The van der Waals surface area contributed by atoms with Crippen molar-refractivity contribution >= 4 is 18.5 Å². The molecule has 6 heteroatoms. The van der Waals surface area contributed by atoms with Crippen LogP contribution in [-0.2, 0) is 0 Å². The molecule has 0 aromatic carbocycles. The second-order valence-electron chi connectivity index (χ2n) is 0. The van der Waals surface area contributed by atoms with Crippen LogP contribution < -0.4 is 72.3 Å². The number of hydrogen-bond donors (Lipinski definition) is 0. The standard InChI is InChI=1S/B.Be.3FH.Rb/h;;3*1H;/q;+2;;;;+1/p-3. The maximum absolute atomic E-state index is 0. The molecule has 0 unspecified atom stereocenters. The van der Waals surface area contributed by atoms with Crippen molar-refractivity contribution in [3.05, 3.63) is 0 Å². The van der Waals surface area contributed by atoms with Crippen LogP contribution in [0.15, 0.2) is 0 Å². The molecule has 6 heavy (non-hydrogen) atoms. The van der Waals surface area contributed by atoms with Gasteiger partial charge in [-0.1, -0.05) is 0 Å². The largest absolute Gasteiger partial charge is 2.00 e. The van der Waals surface area contributed by atoms with E-state index in [-0.39, 0.29) is 90.8 Å². The van der Waals surface area contributed by atoms with Gasteiger partial charge in [0.2, 0.25) is 0 Å². The molecule has 0 saturated heterocycles. The van der Waals surface area contributed by atoms with Crippen molar-refractivity contribution in [1.82, 2.24) is 0 Å². The predicted molar refractivity (Wildman–Crippen MR) is 11.5 cm³/mol. The van der Waals surface area contributed by atoms with Gasteiger partial charge in [0, 0.05) is 8.41 Å². The summed E-state index contributed by atoms with van der Waals surface area (Å²) < 4.78 is 0. The van der Waals surface area contributed by atoms with Crippen molar-refractivity contribution in [3.8, 4) is 0 Å². The zero-order valence-corrected chi connectivity index (χ0v) is 8.33. The Morgan fingerprint density at radius 1 is 0.667 bits per heavy atom. The summed E-state index contributed by atoms with van der Waals surface area (Å²) in [5.74, 6) is 0. The first-order valence-electron chi connectivity index (χ1n) is 0. The second kappa shape index (κ2) is 69.4. The van der Waals surface area contributed by atoms with E-state index < -0.39 is 0 Å². The Balaban J connectivity index is 0. The van der Waals surface area contributed by atoms with E-state index in [0.29, 0.717) is 0 Å². The van der Waals surface area contributed by atoms with Crippen LogP contribution in [0, 0.1) is 0 Å². The summed E-state index contributed by atoms with van der Waals surface area (Å²) in [7, 11) is 0. The van der Waals surface area contributed by atoms with Gasteiger partial charge in [0.25, 0.3) is 0 Å².